The highest BCUT2D eigenvalue weighted by Gasteiger charge is 2.38. The summed E-state index contributed by atoms with van der Waals surface area (Å²) >= 11 is 0. The molecule has 4 rings (SSSR count). The molecule has 10 nitrogen and oxygen atoms in total. The number of nitrogens with two attached hydrogens (primary N) is 1. The third kappa shape index (κ3) is 3.62. The number of hydrogen-bond acceptors (Lipinski definition) is 8. The molecular weight excluding hydrogens is 384 g/mol. The molecule has 10 heteroatoms. The van der Waals surface area contributed by atoms with Gasteiger partial charge in [0.1, 0.15) is 5.52 Å². The molecule has 0 radical (unpaired) electrons. The standard InChI is InChI=1S/C20H28N8O2/c1-6-28-15-12(18(29)23-11-7-19(2,3)27-20(4,5)8-11)9-22-10-13(15)24-17(28)14-16(21)26-30-25-14/h9-11,27H,6-8H2,1-5H3,(H2,21,26)(H,23,29). The maximum Gasteiger partial charge on any atom is 0.255 e. The largest absolute Gasteiger partial charge is 0.379 e. The monoisotopic (exact) mass is 412 g/mol. The van der Waals surface area contributed by atoms with Crippen molar-refractivity contribution >= 4 is 22.8 Å². The quantitative estimate of drug-likeness (QED) is 0.593. The van der Waals surface area contributed by atoms with Crippen molar-refractivity contribution in [2.24, 2.45) is 0 Å². The molecule has 0 spiro atoms. The molecule has 1 aliphatic heterocycles. The zero-order valence-corrected chi connectivity index (χ0v) is 18.0. The maximum absolute atomic E-state index is 13.3. The van der Waals surface area contributed by atoms with Crippen LogP contribution in [0.1, 0.15) is 57.8 Å². The average Bonchev–Trinajstić information content (AvgIpc) is 3.20. The summed E-state index contributed by atoms with van der Waals surface area (Å²) in [6.45, 7) is 11.2. The summed E-state index contributed by atoms with van der Waals surface area (Å²) in [4.78, 5) is 22.1. The van der Waals surface area contributed by atoms with Gasteiger partial charge in [0.15, 0.2) is 17.3 Å². The third-order valence-corrected chi connectivity index (χ3v) is 5.46. The van der Waals surface area contributed by atoms with E-state index in [2.05, 4.69) is 58.6 Å². The Morgan fingerprint density at radius 1 is 1.27 bits per heavy atom. The Balaban J connectivity index is 1.72. The van der Waals surface area contributed by atoms with E-state index >= 15 is 0 Å². The van der Waals surface area contributed by atoms with E-state index in [1.807, 2.05) is 11.5 Å². The van der Waals surface area contributed by atoms with Crippen molar-refractivity contribution in [1.29, 1.82) is 0 Å². The summed E-state index contributed by atoms with van der Waals surface area (Å²) in [6, 6.07) is 0.0480. The lowest BCUT2D eigenvalue weighted by atomic mass is 9.79. The lowest BCUT2D eigenvalue weighted by molar-refractivity contribution is 0.0874. The van der Waals surface area contributed by atoms with Gasteiger partial charge >= 0.3 is 0 Å². The molecule has 1 aliphatic rings. The molecule has 0 atom stereocenters. The van der Waals surface area contributed by atoms with Crippen LogP contribution in [0.4, 0.5) is 5.82 Å². The molecule has 0 unspecified atom stereocenters. The van der Waals surface area contributed by atoms with Gasteiger partial charge < -0.3 is 20.9 Å². The van der Waals surface area contributed by atoms with Gasteiger partial charge in [0.25, 0.3) is 5.91 Å². The number of aromatic nitrogens is 5. The molecule has 30 heavy (non-hydrogen) atoms. The minimum Gasteiger partial charge on any atom is -0.379 e. The number of hydrogen-bond donors (Lipinski definition) is 3. The van der Waals surface area contributed by atoms with Crippen LogP contribution in [0.15, 0.2) is 17.0 Å². The predicted molar refractivity (Wildman–Crippen MR) is 113 cm³/mol. The first kappa shape index (κ1) is 20.3. The summed E-state index contributed by atoms with van der Waals surface area (Å²) in [5, 5.41) is 14.4. The number of amides is 1. The van der Waals surface area contributed by atoms with Gasteiger partial charge in [-0.1, -0.05) is 0 Å². The molecule has 0 aromatic carbocycles. The first-order valence-corrected chi connectivity index (χ1v) is 10.1. The van der Waals surface area contributed by atoms with Gasteiger partial charge in [-0.3, -0.25) is 9.78 Å². The molecule has 4 heterocycles. The average molecular weight is 412 g/mol. The molecule has 0 aliphatic carbocycles. The molecule has 160 valence electrons. The first-order valence-electron chi connectivity index (χ1n) is 10.1. The Hall–Kier alpha value is -3.01. The van der Waals surface area contributed by atoms with E-state index < -0.39 is 0 Å². The molecule has 1 saturated heterocycles. The number of anilines is 1. The predicted octanol–water partition coefficient (Wildman–Crippen LogP) is 2.12. The van der Waals surface area contributed by atoms with Crippen LogP contribution in [0, 0.1) is 0 Å². The Morgan fingerprint density at radius 3 is 2.57 bits per heavy atom. The zero-order valence-electron chi connectivity index (χ0n) is 18.0. The van der Waals surface area contributed by atoms with Crippen LogP contribution in [0.3, 0.4) is 0 Å². The number of imidazole rings is 1. The van der Waals surface area contributed by atoms with Gasteiger partial charge in [-0.25, -0.2) is 9.61 Å². The second-order valence-electron chi connectivity index (χ2n) is 9.20. The first-order chi connectivity index (χ1) is 14.1. The number of fused-ring (bicyclic) bond motifs is 1. The normalized spacial score (nSPS) is 18.6. The lowest BCUT2D eigenvalue weighted by Gasteiger charge is -2.46. The summed E-state index contributed by atoms with van der Waals surface area (Å²) in [6.07, 6.45) is 4.88. The second kappa shape index (κ2) is 7.05. The molecule has 1 fully saturated rings. The van der Waals surface area contributed by atoms with Gasteiger partial charge in [-0.15, -0.1) is 0 Å². The van der Waals surface area contributed by atoms with Crippen LogP contribution in [0.5, 0.6) is 0 Å². The van der Waals surface area contributed by atoms with Gasteiger partial charge in [0, 0.05) is 29.9 Å². The number of pyridine rings is 1. The Kier molecular flexibility index (Phi) is 4.76. The Morgan fingerprint density at radius 2 is 1.97 bits per heavy atom. The summed E-state index contributed by atoms with van der Waals surface area (Å²) < 4.78 is 6.62. The summed E-state index contributed by atoms with van der Waals surface area (Å²) in [5.74, 6) is 0.481. The summed E-state index contributed by atoms with van der Waals surface area (Å²) in [7, 11) is 0. The highest BCUT2D eigenvalue weighted by Crippen LogP contribution is 2.30. The molecule has 3 aromatic heterocycles. The van der Waals surface area contributed by atoms with Gasteiger partial charge in [0.05, 0.1) is 17.3 Å². The number of carbonyl (C=O) groups is 1. The van der Waals surface area contributed by atoms with Crippen molar-refractivity contribution in [3.63, 3.8) is 0 Å². The van der Waals surface area contributed by atoms with Crippen LogP contribution in [0.25, 0.3) is 22.6 Å². The second-order valence-corrected chi connectivity index (χ2v) is 9.20. The van der Waals surface area contributed by atoms with Crippen LogP contribution in [-0.2, 0) is 6.54 Å². The molecule has 0 bridgehead atoms. The number of rotatable bonds is 4. The topological polar surface area (TPSA) is 137 Å². The van der Waals surface area contributed by atoms with Gasteiger partial charge in [-0.05, 0) is 57.8 Å². The smallest absolute Gasteiger partial charge is 0.255 e. The fourth-order valence-electron chi connectivity index (χ4n) is 4.78. The van der Waals surface area contributed by atoms with Crippen molar-refractivity contribution < 1.29 is 9.42 Å². The minimum atomic E-state index is -0.168. The molecule has 3 aromatic rings. The number of piperidine rings is 1. The van der Waals surface area contributed by atoms with E-state index in [0.29, 0.717) is 34.7 Å². The van der Waals surface area contributed by atoms with Crippen LogP contribution in [-0.4, -0.2) is 47.9 Å². The Bertz CT molecular complexity index is 1080. The van der Waals surface area contributed by atoms with E-state index in [-0.39, 0.29) is 28.8 Å². The van der Waals surface area contributed by atoms with Gasteiger partial charge in [0.2, 0.25) is 0 Å². The fraction of sp³-hybridized carbons (Fsp3) is 0.550. The van der Waals surface area contributed by atoms with Crippen molar-refractivity contribution in [1.82, 2.24) is 35.5 Å². The van der Waals surface area contributed by atoms with Gasteiger partial charge in [-0.2, -0.15) is 0 Å². The van der Waals surface area contributed by atoms with Crippen LogP contribution in [0.2, 0.25) is 0 Å². The highest BCUT2D eigenvalue weighted by atomic mass is 16.6. The SMILES string of the molecule is CCn1c(-c2nonc2N)nc2cncc(C(=O)NC3CC(C)(C)NC(C)(C)C3)c21. The van der Waals surface area contributed by atoms with E-state index in [4.69, 9.17) is 10.4 Å². The van der Waals surface area contributed by atoms with E-state index in [1.54, 1.807) is 12.4 Å². The van der Waals surface area contributed by atoms with E-state index in [0.717, 1.165) is 12.8 Å². The van der Waals surface area contributed by atoms with Crippen molar-refractivity contribution in [3.8, 4) is 11.5 Å². The minimum absolute atomic E-state index is 0.0480. The van der Waals surface area contributed by atoms with Crippen molar-refractivity contribution in [2.75, 3.05) is 5.73 Å². The van der Waals surface area contributed by atoms with Crippen molar-refractivity contribution in [3.05, 3.63) is 18.0 Å². The molecular formula is C20H28N8O2. The van der Waals surface area contributed by atoms with E-state index in [1.165, 1.54) is 0 Å². The number of nitrogens with zero attached hydrogens (tertiary/aromatic N) is 5. The van der Waals surface area contributed by atoms with Crippen LogP contribution < -0.4 is 16.4 Å². The highest BCUT2D eigenvalue weighted by molar-refractivity contribution is 6.05. The molecule has 0 saturated carbocycles. The third-order valence-electron chi connectivity index (χ3n) is 5.46. The molecule has 4 N–H and O–H groups in total. The summed E-state index contributed by atoms with van der Waals surface area (Å²) in [5.41, 5.74) is 7.83. The number of aryl methyl sites for hydroxylation is 1. The maximum atomic E-state index is 13.3. The Labute approximate surface area is 174 Å². The number of nitrogens with one attached hydrogen (secondary N) is 2. The fourth-order valence-corrected chi connectivity index (χ4v) is 4.78. The molecule has 1 amide bonds. The lowest BCUT2D eigenvalue weighted by Crippen LogP contribution is -2.62. The van der Waals surface area contributed by atoms with E-state index in [9.17, 15) is 4.79 Å². The van der Waals surface area contributed by atoms with Crippen molar-refractivity contribution in [2.45, 2.75) is 71.1 Å². The number of carbonyl (C=O) groups excluding carboxylic acids is 1. The van der Waals surface area contributed by atoms with Crippen LogP contribution >= 0.6 is 0 Å². The zero-order chi connectivity index (χ0) is 21.7. The number of nitrogen functional groups attached to an aromatic ring is 1.